The molecule has 0 aliphatic carbocycles. The highest BCUT2D eigenvalue weighted by Crippen LogP contribution is 2.19. The molecule has 2 aromatic heterocycles. The van der Waals surface area contributed by atoms with Crippen LogP contribution in [0.1, 0.15) is 23.1 Å². The van der Waals surface area contributed by atoms with E-state index in [1.165, 1.54) is 11.0 Å². The zero-order valence-electron chi connectivity index (χ0n) is 11.9. The van der Waals surface area contributed by atoms with E-state index >= 15 is 0 Å². The first kappa shape index (κ1) is 14.5. The maximum atomic E-state index is 12.2. The van der Waals surface area contributed by atoms with Gasteiger partial charge in [0.05, 0.1) is 5.52 Å². The third-order valence-electron chi connectivity index (χ3n) is 3.05. The molecule has 0 saturated heterocycles. The molecule has 7 heteroatoms. The fourth-order valence-electron chi connectivity index (χ4n) is 1.98. The van der Waals surface area contributed by atoms with Gasteiger partial charge in [0.1, 0.15) is 4.90 Å². The van der Waals surface area contributed by atoms with Crippen LogP contribution in [-0.2, 0) is 16.3 Å². The Labute approximate surface area is 117 Å². The van der Waals surface area contributed by atoms with E-state index < -0.39 is 15.7 Å². The number of rotatable bonds is 3. The Morgan fingerprint density at radius 2 is 2.00 bits per heavy atom. The van der Waals surface area contributed by atoms with Crippen LogP contribution >= 0.6 is 0 Å². The van der Waals surface area contributed by atoms with E-state index in [0.29, 0.717) is 5.52 Å². The van der Waals surface area contributed by atoms with Crippen LogP contribution in [0.3, 0.4) is 0 Å². The molecule has 0 atom stereocenters. The first-order valence-electron chi connectivity index (χ1n) is 6.19. The molecule has 0 radical (unpaired) electrons. The molecule has 2 aromatic rings. The third-order valence-corrected chi connectivity index (χ3v) is 4.16. The van der Waals surface area contributed by atoms with Gasteiger partial charge in [-0.2, -0.15) is 5.10 Å². The molecular formula is C13H17N3O3S. The Morgan fingerprint density at radius 3 is 2.50 bits per heavy atom. The zero-order chi connectivity index (χ0) is 15.1. The smallest absolute Gasteiger partial charge is 0.275 e. The van der Waals surface area contributed by atoms with Crippen molar-refractivity contribution in [2.45, 2.75) is 18.2 Å². The molecule has 20 heavy (non-hydrogen) atoms. The van der Waals surface area contributed by atoms with E-state index in [1.54, 1.807) is 24.7 Å². The van der Waals surface area contributed by atoms with Gasteiger partial charge in [-0.3, -0.25) is 4.79 Å². The average molecular weight is 295 g/mol. The van der Waals surface area contributed by atoms with Crippen molar-refractivity contribution >= 4 is 21.3 Å². The number of nitrogens with zero attached hydrogens (tertiary/aromatic N) is 3. The van der Waals surface area contributed by atoms with E-state index in [0.717, 1.165) is 18.4 Å². The first-order chi connectivity index (χ1) is 9.25. The Morgan fingerprint density at radius 1 is 1.35 bits per heavy atom. The van der Waals surface area contributed by atoms with Crippen LogP contribution in [0, 0.1) is 0 Å². The molecular weight excluding hydrogens is 278 g/mol. The van der Waals surface area contributed by atoms with Crippen LogP contribution < -0.4 is 0 Å². The van der Waals surface area contributed by atoms with E-state index in [2.05, 4.69) is 5.10 Å². The van der Waals surface area contributed by atoms with Gasteiger partial charge >= 0.3 is 0 Å². The molecule has 0 aliphatic heterocycles. The number of hydrogen-bond donors (Lipinski definition) is 0. The number of hydrogen-bond acceptors (Lipinski definition) is 4. The Hall–Kier alpha value is -1.89. The normalized spacial score (nSPS) is 11.8. The second-order valence-corrected chi connectivity index (χ2v) is 6.83. The van der Waals surface area contributed by atoms with Gasteiger partial charge in [0, 0.05) is 26.0 Å². The quantitative estimate of drug-likeness (QED) is 0.847. The minimum absolute atomic E-state index is 0.0375. The molecule has 0 spiro atoms. The molecule has 6 nitrogen and oxygen atoms in total. The minimum atomic E-state index is -3.52. The van der Waals surface area contributed by atoms with Gasteiger partial charge in [-0.05, 0) is 24.6 Å². The lowest BCUT2D eigenvalue weighted by atomic mass is 10.3. The molecule has 2 rings (SSSR count). The fourth-order valence-corrected chi connectivity index (χ4v) is 2.80. The van der Waals surface area contributed by atoms with Crippen LogP contribution in [0.2, 0.25) is 0 Å². The predicted molar refractivity (Wildman–Crippen MR) is 75.7 cm³/mol. The molecule has 2 heterocycles. The molecule has 0 saturated carbocycles. The van der Waals surface area contributed by atoms with E-state index in [4.69, 9.17) is 0 Å². The average Bonchev–Trinajstić information content (AvgIpc) is 2.77. The Balaban J connectivity index is 2.83. The first-order valence-corrected chi connectivity index (χ1v) is 8.08. The monoisotopic (exact) mass is 295 g/mol. The van der Waals surface area contributed by atoms with E-state index in [-0.39, 0.29) is 10.6 Å². The summed E-state index contributed by atoms with van der Waals surface area (Å²) in [5, 5.41) is 4.24. The number of sulfone groups is 1. The SMILES string of the molecule is CCc1ccc2cc(S(C)(=O)=O)c(C(=O)N(C)C)nn12. The van der Waals surface area contributed by atoms with E-state index in [9.17, 15) is 13.2 Å². The summed E-state index contributed by atoms with van der Waals surface area (Å²) in [6.07, 6.45) is 1.83. The third kappa shape index (κ3) is 2.40. The summed E-state index contributed by atoms with van der Waals surface area (Å²) in [5.41, 5.74) is 1.54. The summed E-state index contributed by atoms with van der Waals surface area (Å²) in [4.78, 5) is 13.4. The van der Waals surface area contributed by atoms with Crippen molar-refractivity contribution < 1.29 is 13.2 Å². The van der Waals surface area contributed by atoms with Crippen molar-refractivity contribution in [3.05, 3.63) is 29.6 Å². The zero-order valence-corrected chi connectivity index (χ0v) is 12.7. The van der Waals surface area contributed by atoms with Gasteiger partial charge in [-0.1, -0.05) is 6.92 Å². The van der Waals surface area contributed by atoms with Gasteiger partial charge in [0.25, 0.3) is 5.91 Å². The van der Waals surface area contributed by atoms with Gasteiger partial charge < -0.3 is 4.90 Å². The lowest BCUT2D eigenvalue weighted by Gasteiger charge is -2.13. The number of carbonyl (C=O) groups is 1. The summed E-state index contributed by atoms with van der Waals surface area (Å²) >= 11 is 0. The lowest BCUT2D eigenvalue weighted by molar-refractivity contribution is 0.0816. The van der Waals surface area contributed by atoms with Crippen LogP contribution in [0.15, 0.2) is 23.1 Å². The van der Waals surface area contributed by atoms with E-state index in [1.807, 2.05) is 13.0 Å². The number of amides is 1. The summed E-state index contributed by atoms with van der Waals surface area (Å²) < 4.78 is 25.4. The minimum Gasteiger partial charge on any atom is -0.343 e. The Bertz CT molecular complexity index is 776. The van der Waals surface area contributed by atoms with Crippen molar-refractivity contribution in [3.8, 4) is 0 Å². The molecule has 108 valence electrons. The maximum absolute atomic E-state index is 12.2. The number of fused-ring (bicyclic) bond motifs is 1. The second-order valence-electron chi connectivity index (χ2n) is 4.84. The van der Waals surface area contributed by atoms with Crippen molar-refractivity contribution in [1.29, 1.82) is 0 Å². The van der Waals surface area contributed by atoms with Crippen molar-refractivity contribution in [2.24, 2.45) is 0 Å². The summed E-state index contributed by atoms with van der Waals surface area (Å²) in [6, 6.07) is 5.17. The topological polar surface area (TPSA) is 71.8 Å². The second kappa shape index (κ2) is 4.90. The summed E-state index contributed by atoms with van der Waals surface area (Å²) in [5.74, 6) is -0.428. The number of aryl methyl sites for hydroxylation is 1. The van der Waals surface area contributed by atoms with Crippen LogP contribution in [0.5, 0.6) is 0 Å². The molecule has 0 aliphatic rings. The molecule has 0 bridgehead atoms. The number of aromatic nitrogens is 2. The lowest BCUT2D eigenvalue weighted by Crippen LogP contribution is -2.26. The van der Waals surface area contributed by atoms with Crippen molar-refractivity contribution in [2.75, 3.05) is 20.4 Å². The highest BCUT2D eigenvalue weighted by Gasteiger charge is 2.23. The molecule has 0 N–H and O–H groups in total. The highest BCUT2D eigenvalue weighted by atomic mass is 32.2. The summed E-state index contributed by atoms with van der Waals surface area (Å²) in [7, 11) is -0.392. The van der Waals surface area contributed by atoms with Gasteiger partial charge in [-0.25, -0.2) is 12.9 Å². The van der Waals surface area contributed by atoms with Gasteiger partial charge in [0.2, 0.25) is 0 Å². The van der Waals surface area contributed by atoms with Crippen LogP contribution in [0.25, 0.3) is 5.52 Å². The van der Waals surface area contributed by atoms with Gasteiger partial charge in [-0.15, -0.1) is 0 Å². The number of carbonyl (C=O) groups excluding carboxylic acids is 1. The van der Waals surface area contributed by atoms with Crippen molar-refractivity contribution in [1.82, 2.24) is 14.5 Å². The van der Waals surface area contributed by atoms with Crippen LogP contribution in [0.4, 0.5) is 0 Å². The Kier molecular flexibility index (Phi) is 3.56. The molecule has 0 fully saturated rings. The predicted octanol–water partition coefficient (Wildman–Crippen LogP) is 1.00. The molecule has 1 amide bonds. The molecule has 0 unspecified atom stereocenters. The van der Waals surface area contributed by atoms with Crippen molar-refractivity contribution in [3.63, 3.8) is 0 Å². The van der Waals surface area contributed by atoms with Gasteiger partial charge in [0.15, 0.2) is 15.5 Å². The van der Waals surface area contributed by atoms with Crippen LogP contribution in [-0.4, -0.2) is 49.2 Å². The fraction of sp³-hybridized carbons (Fsp3) is 0.385. The molecule has 0 aromatic carbocycles. The highest BCUT2D eigenvalue weighted by molar-refractivity contribution is 7.90. The maximum Gasteiger partial charge on any atom is 0.275 e. The largest absolute Gasteiger partial charge is 0.343 e. The standard InChI is InChI=1S/C13H17N3O3S/c1-5-9-6-7-10-8-11(20(4,18)19)12(14-16(9)10)13(17)15(2)3/h6-8H,5H2,1-4H3. The summed E-state index contributed by atoms with van der Waals surface area (Å²) in [6.45, 7) is 1.97.